The fourth-order valence-corrected chi connectivity index (χ4v) is 2.50. The van der Waals surface area contributed by atoms with E-state index >= 15 is 0 Å². The van der Waals surface area contributed by atoms with Gasteiger partial charge in [-0.15, -0.1) is 5.10 Å². The van der Waals surface area contributed by atoms with Gasteiger partial charge in [0.05, 0.1) is 10.7 Å². The Morgan fingerprint density at radius 2 is 2.09 bits per heavy atom. The molecule has 0 aliphatic heterocycles. The van der Waals surface area contributed by atoms with Gasteiger partial charge in [0.25, 0.3) is 0 Å². The van der Waals surface area contributed by atoms with Crippen LogP contribution >= 0.6 is 11.6 Å². The molecule has 114 valence electrons. The standard InChI is InChI=1S/C15H12ClN7/c1-22-12(5-7-18-22)15-20-14(13-3-2-8-23(13)21-15)19-11-4-6-17-9-10(11)16/h2-9H,1H3,(H,17,19,20,21). The van der Waals surface area contributed by atoms with Gasteiger partial charge in [-0.05, 0) is 24.3 Å². The largest absolute Gasteiger partial charge is 0.337 e. The number of hydrogen-bond acceptors (Lipinski definition) is 5. The van der Waals surface area contributed by atoms with E-state index in [1.165, 1.54) is 0 Å². The van der Waals surface area contributed by atoms with Crippen molar-refractivity contribution >= 4 is 28.6 Å². The van der Waals surface area contributed by atoms with E-state index in [9.17, 15) is 0 Å². The summed E-state index contributed by atoms with van der Waals surface area (Å²) in [5.41, 5.74) is 2.41. The van der Waals surface area contributed by atoms with Crippen LogP contribution in [-0.2, 0) is 7.05 Å². The molecule has 0 radical (unpaired) electrons. The molecule has 8 heteroatoms. The van der Waals surface area contributed by atoms with Crippen LogP contribution in [0.25, 0.3) is 17.0 Å². The van der Waals surface area contributed by atoms with E-state index in [0.29, 0.717) is 16.7 Å². The molecule has 4 rings (SSSR count). The quantitative estimate of drug-likeness (QED) is 0.627. The van der Waals surface area contributed by atoms with E-state index in [2.05, 4.69) is 25.5 Å². The second kappa shape index (κ2) is 5.36. The van der Waals surface area contributed by atoms with E-state index in [-0.39, 0.29) is 0 Å². The summed E-state index contributed by atoms with van der Waals surface area (Å²) in [5, 5.41) is 12.5. The van der Waals surface area contributed by atoms with Crippen LogP contribution < -0.4 is 5.32 Å². The molecule has 0 bridgehead atoms. The summed E-state index contributed by atoms with van der Waals surface area (Å²) in [6.07, 6.45) is 6.84. The van der Waals surface area contributed by atoms with Crippen LogP contribution in [0.2, 0.25) is 5.02 Å². The van der Waals surface area contributed by atoms with Crippen molar-refractivity contribution in [3.63, 3.8) is 0 Å². The highest BCUT2D eigenvalue weighted by Crippen LogP contribution is 2.27. The Morgan fingerprint density at radius 1 is 1.17 bits per heavy atom. The van der Waals surface area contributed by atoms with Crippen LogP contribution in [0.4, 0.5) is 11.5 Å². The average Bonchev–Trinajstić information content (AvgIpc) is 3.18. The predicted molar refractivity (Wildman–Crippen MR) is 87.7 cm³/mol. The first-order chi connectivity index (χ1) is 11.2. The Morgan fingerprint density at radius 3 is 2.87 bits per heavy atom. The zero-order valence-corrected chi connectivity index (χ0v) is 12.9. The number of nitrogens with one attached hydrogen (secondary N) is 1. The SMILES string of the molecule is Cn1nccc1-c1nc(Nc2ccncc2Cl)c2cccn2n1. The third-order valence-corrected chi connectivity index (χ3v) is 3.77. The summed E-state index contributed by atoms with van der Waals surface area (Å²) in [4.78, 5) is 8.62. The maximum atomic E-state index is 6.17. The Bertz CT molecular complexity index is 988. The molecule has 4 heterocycles. The third-order valence-electron chi connectivity index (χ3n) is 3.47. The molecule has 0 saturated carbocycles. The minimum atomic E-state index is 0.526. The lowest BCUT2D eigenvalue weighted by Gasteiger charge is -2.10. The highest BCUT2D eigenvalue weighted by atomic mass is 35.5. The minimum Gasteiger partial charge on any atom is -0.337 e. The van der Waals surface area contributed by atoms with Crippen LogP contribution in [0.3, 0.4) is 0 Å². The molecule has 0 aromatic carbocycles. The fourth-order valence-electron chi connectivity index (χ4n) is 2.33. The molecule has 0 amide bonds. The summed E-state index contributed by atoms with van der Waals surface area (Å²) in [6.45, 7) is 0. The number of hydrogen-bond donors (Lipinski definition) is 1. The molecule has 0 saturated heterocycles. The van der Waals surface area contributed by atoms with Gasteiger partial charge >= 0.3 is 0 Å². The Hall–Kier alpha value is -2.93. The molecule has 7 nitrogen and oxygen atoms in total. The van der Waals surface area contributed by atoms with Crippen LogP contribution in [0.5, 0.6) is 0 Å². The zero-order chi connectivity index (χ0) is 15.8. The van der Waals surface area contributed by atoms with Crippen molar-refractivity contribution < 1.29 is 0 Å². The van der Waals surface area contributed by atoms with Crippen molar-refractivity contribution in [3.8, 4) is 11.5 Å². The van der Waals surface area contributed by atoms with Gasteiger partial charge in [0.15, 0.2) is 11.6 Å². The summed E-state index contributed by atoms with van der Waals surface area (Å²) in [5.74, 6) is 1.23. The van der Waals surface area contributed by atoms with Crippen molar-refractivity contribution in [1.29, 1.82) is 0 Å². The third kappa shape index (κ3) is 2.40. The molecule has 0 fully saturated rings. The predicted octanol–water partition coefficient (Wildman–Crippen LogP) is 2.92. The molecule has 0 aliphatic carbocycles. The zero-order valence-electron chi connectivity index (χ0n) is 12.2. The number of pyridine rings is 1. The average molecular weight is 326 g/mol. The summed E-state index contributed by atoms with van der Waals surface area (Å²) < 4.78 is 3.50. The number of aryl methyl sites for hydroxylation is 1. The van der Waals surface area contributed by atoms with Crippen molar-refractivity contribution in [2.45, 2.75) is 0 Å². The molecule has 0 aliphatic rings. The lowest BCUT2D eigenvalue weighted by molar-refractivity contribution is 0.763. The van der Waals surface area contributed by atoms with E-state index < -0.39 is 0 Å². The maximum Gasteiger partial charge on any atom is 0.200 e. The molecule has 0 atom stereocenters. The second-order valence-corrected chi connectivity index (χ2v) is 5.35. The molecule has 1 N–H and O–H groups in total. The second-order valence-electron chi connectivity index (χ2n) is 4.94. The summed E-state index contributed by atoms with van der Waals surface area (Å²) in [6, 6.07) is 7.52. The molecule has 23 heavy (non-hydrogen) atoms. The van der Waals surface area contributed by atoms with Crippen LogP contribution in [-0.4, -0.2) is 29.4 Å². The molecular formula is C15H12ClN7. The Kier molecular flexibility index (Phi) is 3.20. The molecule has 4 aromatic rings. The fraction of sp³-hybridized carbons (Fsp3) is 0.0667. The van der Waals surface area contributed by atoms with Gasteiger partial charge in [-0.2, -0.15) is 5.10 Å². The van der Waals surface area contributed by atoms with Gasteiger partial charge in [-0.1, -0.05) is 11.6 Å². The number of nitrogens with zero attached hydrogens (tertiary/aromatic N) is 6. The van der Waals surface area contributed by atoms with E-state index in [0.717, 1.165) is 16.9 Å². The van der Waals surface area contributed by atoms with E-state index in [1.807, 2.05) is 31.4 Å². The van der Waals surface area contributed by atoms with Crippen molar-refractivity contribution in [2.24, 2.45) is 7.05 Å². The van der Waals surface area contributed by atoms with Gasteiger partial charge in [-0.25, -0.2) is 9.50 Å². The van der Waals surface area contributed by atoms with Gasteiger partial charge < -0.3 is 5.32 Å². The molecule has 0 spiro atoms. The Balaban J connectivity index is 1.87. The molecule has 4 aromatic heterocycles. The van der Waals surface area contributed by atoms with E-state index in [4.69, 9.17) is 11.6 Å². The highest BCUT2D eigenvalue weighted by Gasteiger charge is 2.13. The number of fused-ring (bicyclic) bond motifs is 1. The van der Waals surface area contributed by atoms with Crippen LogP contribution in [0.1, 0.15) is 0 Å². The van der Waals surface area contributed by atoms with Gasteiger partial charge in [0, 0.05) is 31.8 Å². The lowest BCUT2D eigenvalue weighted by atomic mass is 10.3. The van der Waals surface area contributed by atoms with Gasteiger partial charge in [0.2, 0.25) is 0 Å². The summed E-state index contributed by atoms with van der Waals surface area (Å²) in [7, 11) is 1.85. The van der Waals surface area contributed by atoms with Gasteiger partial charge in [-0.3, -0.25) is 9.67 Å². The normalized spacial score (nSPS) is 11.0. The first-order valence-corrected chi connectivity index (χ1v) is 7.30. The number of anilines is 2. The number of halogens is 1. The topological polar surface area (TPSA) is 72.9 Å². The smallest absolute Gasteiger partial charge is 0.200 e. The van der Waals surface area contributed by atoms with Crippen molar-refractivity contribution in [2.75, 3.05) is 5.32 Å². The first-order valence-electron chi connectivity index (χ1n) is 6.93. The van der Waals surface area contributed by atoms with Crippen molar-refractivity contribution in [3.05, 3.63) is 54.1 Å². The number of aromatic nitrogens is 6. The Labute approximate surface area is 136 Å². The van der Waals surface area contributed by atoms with E-state index in [1.54, 1.807) is 33.9 Å². The summed E-state index contributed by atoms with van der Waals surface area (Å²) >= 11 is 6.17. The lowest BCUT2D eigenvalue weighted by Crippen LogP contribution is -2.05. The molecular weight excluding hydrogens is 314 g/mol. The maximum absolute atomic E-state index is 6.17. The molecule has 0 unspecified atom stereocenters. The number of rotatable bonds is 3. The monoisotopic (exact) mass is 325 g/mol. The van der Waals surface area contributed by atoms with Crippen LogP contribution in [0, 0.1) is 0 Å². The highest BCUT2D eigenvalue weighted by molar-refractivity contribution is 6.33. The van der Waals surface area contributed by atoms with Crippen LogP contribution in [0.15, 0.2) is 49.1 Å². The van der Waals surface area contributed by atoms with Gasteiger partial charge in [0.1, 0.15) is 11.2 Å². The van der Waals surface area contributed by atoms with Crippen molar-refractivity contribution in [1.82, 2.24) is 29.4 Å². The first kappa shape index (κ1) is 13.7. The minimum absolute atomic E-state index is 0.526.